The number of benzene rings is 3. The van der Waals surface area contributed by atoms with Crippen LogP contribution in [0.3, 0.4) is 0 Å². The van der Waals surface area contributed by atoms with Crippen LogP contribution >= 0.6 is 0 Å². The molecule has 0 bridgehead atoms. The van der Waals surface area contributed by atoms with Crippen molar-refractivity contribution in [2.45, 2.75) is 33.2 Å². The molecule has 1 atom stereocenters. The van der Waals surface area contributed by atoms with Crippen LogP contribution in [-0.4, -0.2) is 35.0 Å². The number of carbonyl (C=O) groups excluding carboxylic acids is 2. The summed E-state index contributed by atoms with van der Waals surface area (Å²) in [6.45, 7) is 4.05. The molecule has 0 saturated carbocycles. The Labute approximate surface area is 205 Å². The molecule has 3 N–H and O–H groups in total. The van der Waals surface area contributed by atoms with Gasteiger partial charge in [-0.15, -0.1) is 0 Å². The lowest BCUT2D eigenvalue weighted by Crippen LogP contribution is -2.27. The van der Waals surface area contributed by atoms with E-state index in [1.54, 1.807) is 31.0 Å². The SMILES string of the molecule is Cc1ccccc1NC(=O)Nc1ccc(CC(=O)N(C)Cc2cccc(CC(C)C(=O)O)c2)cc1. The maximum Gasteiger partial charge on any atom is 0.323 e. The van der Waals surface area contributed by atoms with Crippen LogP contribution in [0.25, 0.3) is 0 Å². The van der Waals surface area contributed by atoms with Crippen LogP contribution in [0.1, 0.15) is 29.2 Å². The standard InChI is InChI=1S/C28H31N3O4/c1-19-7-4-5-10-25(19)30-28(35)29-24-13-11-21(12-14-24)17-26(32)31(3)18-23-9-6-8-22(16-23)15-20(2)27(33)34/h4-14,16,20H,15,17-18H2,1-3H3,(H,33,34)(H2,29,30,35). The Bertz CT molecular complexity index is 1190. The summed E-state index contributed by atoms with van der Waals surface area (Å²) >= 11 is 0. The van der Waals surface area contributed by atoms with Gasteiger partial charge in [0.2, 0.25) is 5.91 Å². The van der Waals surface area contributed by atoms with E-state index in [0.717, 1.165) is 27.9 Å². The summed E-state index contributed by atoms with van der Waals surface area (Å²) in [4.78, 5) is 37.8. The van der Waals surface area contributed by atoms with Gasteiger partial charge in [0.25, 0.3) is 0 Å². The van der Waals surface area contributed by atoms with Crippen LogP contribution in [-0.2, 0) is 29.0 Å². The zero-order valence-electron chi connectivity index (χ0n) is 20.2. The van der Waals surface area contributed by atoms with E-state index < -0.39 is 11.9 Å². The molecule has 0 fully saturated rings. The lowest BCUT2D eigenvalue weighted by Gasteiger charge is -2.18. The highest BCUT2D eigenvalue weighted by Crippen LogP contribution is 2.16. The van der Waals surface area contributed by atoms with Gasteiger partial charge in [0, 0.05) is 25.0 Å². The predicted octanol–water partition coefficient (Wildman–Crippen LogP) is 5.10. The van der Waals surface area contributed by atoms with Gasteiger partial charge in [-0.3, -0.25) is 9.59 Å². The Morgan fingerprint density at radius 1 is 0.886 bits per heavy atom. The first-order valence-corrected chi connectivity index (χ1v) is 11.5. The van der Waals surface area contributed by atoms with Gasteiger partial charge >= 0.3 is 12.0 Å². The fraction of sp³-hybridized carbons (Fsp3) is 0.250. The van der Waals surface area contributed by atoms with Crippen LogP contribution in [0.5, 0.6) is 0 Å². The summed E-state index contributed by atoms with van der Waals surface area (Å²) in [6, 6.07) is 22.1. The fourth-order valence-corrected chi connectivity index (χ4v) is 3.67. The number of carboxylic acids is 1. The molecule has 0 aliphatic carbocycles. The first-order chi connectivity index (χ1) is 16.7. The largest absolute Gasteiger partial charge is 0.481 e. The third-order valence-corrected chi connectivity index (χ3v) is 5.76. The fourth-order valence-electron chi connectivity index (χ4n) is 3.67. The molecular formula is C28H31N3O4. The second kappa shape index (κ2) is 11.8. The van der Waals surface area contributed by atoms with Crippen LogP contribution in [0.2, 0.25) is 0 Å². The van der Waals surface area contributed by atoms with Gasteiger partial charge < -0.3 is 20.6 Å². The Morgan fingerprint density at radius 3 is 2.26 bits per heavy atom. The number of aryl methyl sites for hydroxylation is 1. The van der Waals surface area contributed by atoms with Crippen molar-refractivity contribution < 1.29 is 19.5 Å². The minimum Gasteiger partial charge on any atom is -0.481 e. The number of hydrogen-bond donors (Lipinski definition) is 3. The zero-order valence-corrected chi connectivity index (χ0v) is 20.2. The van der Waals surface area contributed by atoms with Gasteiger partial charge in [-0.05, 0) is 53.8 Å². The van der Waals surface area contributed by atoms with Crippen molar-refractivity contribution in [3.05, 3.63) is 95.1 Å². The Hall–Kier alpha value is -4.13. The highest BCUT2D eigenvalue weighted by Gasteiger charge is 2.14. The minimum absolute atomic E-state index is 0.0349. The third kappa shape index (κ3) is 7.71. The first-order valence-electron chi connectivity index (χ1n) is 11.5. The molecule has 0 heterocycles. The van der Waals surface area contributed by atoms with Gasteiger partial charge in [0.1, 0.15) is 0 Å². The monoisotopic (exact) mass is 473 g/mol. The van der Waals surface area contributed by atoms with Gasteiger partial charge in [-0.1, -0.05) is 61.5 Å². The number of nitrogens with zero attached hydrogens (tertiary/aromatic N) is 1. The third-order valence-electron chi connectivity index (χ3n) is 5.76. The normalized spacial score (nSPS) is 11.4. The molecule has 3 aromatic rings. The summed E-state index contributed by atoms with van der Waals surface area (Å²) in [5, 5.41) is 14.7. The van der Waals surface area contributed by atoms with Crippen molar-refractivity contribution in [1.29, 1.82) is 0 Å². The average Bonchev–Trinajstić information content (AvgIpc) is 2.82. The number of carboxylic acid groups (broad SMARTS) is 1. The maximum atomic E-state index is 12.7. The molecule has 1 unspecified atom stereocenters. The predicted molar refractivity (Wildman–Crippen MR) is 137 cm³/mol. The van der Waals surface area contributed by atoms with Gasteiger partial charge in [-0.25, -0.2) is 4.79 Å². The van der Waals surface area contributed by atoms with Crippen LogP contribution < -0.4 is 10.6 Å². The highest BCUT2D eigenvalue weighted by atomic mass is 16.4. The lowest BCUT2D eigenvalue weighted by atomic mass is 9.99. The van der Waals surface area contributed by atoms with E-state index in [1.165, 1.54) is 0 Å². The smallest absolute Gasteiger partial charge is 0.323 e. The molecule has 3 aromatic carbocycles. The number of aliphatic carboxylic acids is 1. The summed E-state index contributed by atoms with van der Waals surface area (Å²) in [5.74, 6) is -1.32. The molecule has 0 aliphatic heterocycles. The molecule has 35 heavy (non-hydrogen) atoms. The van der Waals surface area contributed by atoms with E-state index in [-0.39, 0.29) is 18.4 Å². The molecule has 0 aromatic heterocycles. The Morgan fingerprint density at radius 2 is 1.57 bits per heavy atom. The maximum absolute atomic E-state index is 12.7. The molecule has 7 nitrogen and oxygen atoms in total. The quantitative estimate of drug-likeness (QED) is 0.402. The summed E-state index contributed by atoms with van der Waals surface area (Å²) in [5.41, 5.74) is 5.09. The Kier molecular flexibility index (Phi) is 8.62. The summed E-state index contributed by atoms with van der Waals surface area (Å²) < 4.78 is 0. The van der Waals surface area contributed by atoms with Crippen LogP contribution in [0, 0.1) is 12.8 Å². The number of anilines is 2. The van der Waals surface area contributed by atoms with E-state index in [2.05, 4.69) is 10.6 Å². The number of carbonyl (C=O) groups is 3. The van der Waals surface area contributed by atoms with Crippen molar-refractivity contribution in [3.8, 4) is 0 Å². The summed E-state index contributed by atoms with van der Waals surface area (Å²) in [7, 11) is 1.75. The van der Waals surface area contributed by atoms with Crippen molar-refractivity contribution >= 4 is 29.3 Å². The highest BCUT2D eigenvalue weighted by molar-refractivity contribution is 6.00. The van der Waals surface area contributed by atoms with Gasteiger partial charge in [0.05, 0.1) is 12.3 Å². The number of likely N-dealkylation sites (N-methyl/N-ethyl adjacent to an activating group) is 1. The topological polar surface area (TPSA) is 98.7 Å². The number of para-hydroxylation sites is 1. The molecule has 0 aliphatic rings. The molecule has 0 saturated heterocycles. The second-order valence-corrected chi connectivity index (χ2v) is 8.78. The second-order valence-electron chi connectivity index (χ2n) is 8.78. The molecule has 3 rings (SSSR count). The van der Waals surface area contributed by atoms with Crippen molar-refractivity contribution in [2.24, 2.45) is 5.92 Å². The molecule has 7 heteroatoms. The van der Waals surface area contributed by atoms with Gasteiger partial charge in [-0.2, -0.15) is 0 Å². The van der Waals surface area contributed by atoms with E-state index in [4.69, 9.17) is 5.11 Å². The van der Waals surface area contributed by atoms with Crippen molar-refractivity contribution in [1.82, 2.24) is 4.90 Å². The van der Waals surface area contributed by atoms with E-state index in [1.807, 2.05) is 67.6 Å². The van der Waals surface area contributed by atoms with Crippen LogP contribution in [0.4, 0.5) is 16.2 Å². The number of urea groups is 1. The molecule has 0 radical (unpaired) electrons. The summed E-state index contributed by atoms with van der Waals surface area (Å²) in [6.07, 6.45) is 0.687. The lowest BCUT2D eigenvalue weighted by molar-refractivity contribution is -0.141. The first kappa shape index (κ1) is 25.5. The zero-order chi connectivity index (χ0) is 25.4. The number of hydrogen-bond acceptors (Lipinski definition) is 3. The molecule has 3 amide bonds. The average molecular weight is 474 g/mol. The van der Waals surface area contributed by atoms with E-state index in [0.29, 0.717) is 18.7 Å². The minimum atomic E-state index is -0.823. The number of nitrogens with one attached hydrogen (secondary N) is 2. The van der Waals surface area contributed by atoms with Crippen molar-refractivity contribution in [2.75, 3.05) is 17.7 Å². The van der Waals surface area contributed by atoms with E-state index in [9.17, 15) is 14.4 Å². The van der Waals surface area contributed by atoms with Crippen molar-refractivity contribution in [3.63, 3.8) is 0 Å². The number of amides is 3. The van der Waals surface area contributed by atoms with E-state index >= 15 is 0 Å². The number of rotatable bonds is 9. The molecule has 182 valence electrons. The molecular weight excluding hydrogens is 442 g/mol. The van der Waals surface area contributed by atoms with Crippen LogP contribution in [0.15, 0.2) is 72.8 Å². The van der Waals surface area contributed by atoms with Gasteiger partial charge in [0.15, 0.2) is 0 Å². The Balaban J connectivity index is 1.52. The molecule has 0 spiro atoms.